The Hall–Kier alpha value is -1.94. The van der Waals surface area contributed by atoms with Gasteiger partial charge in [-0.15, -0.1) is 11.3 Å². The largest absolute Gasteiger partial charge is 0.454 e. The topological polar surface area (TPSA) is 110 Å². The number of amides is 2. The van der Waals surface area contributed by atoms with Crippen molar-refractivity contribution in [3.8, 4) is 0 Å². The van der Waals surface area contributed by atoms with Crippen molar-refractivity contribution in [1.82, 2.24) is 10.2 Å². The number of carbonyl (C=O) groups excluding carboxylic acids is 3. The van der Waals surface area contributed by atoms with E-state index in [2.05, 4.69) is 5.32 Å². The molecule has 1 saturated carbocycles. The van der Waals surface area contributed by atoms with Crippen LogP contribution in [0.2, 0.25) is 0 Å². The predicted octanol–water partition coefficient (Wildman–Crippen LogP) is 0.199. The molecule has 0 unspecified atom stereocenters. The molecule has 0 bridgehead atoms. The molecule has 1 aliphatic carbocycles. The lowest BCUT2D eigenvalue weighted by Crippen LogP contribution is -2.45. The molecule has 1 aromatic heterocycles. The van der Waals surface area contributed by atoms with E-state index in [-0.39, 0.29) is 41.9 Å². The molecule has 2 heterocycles. The van der Waals surface area contributed by atoms with Gasteiger partial charge in [0.05, 0.1) is 16.4 Å². The van der Waals surface area contributed by atoms with E-state index in [0.29, 0.717) is 11.3 Å². The number of esters is 1. The lowest BCUT2D eigenvalue weighted by molar-refractivity contribution is -0.152. The summed E-state index contributed by atoms with van der Waals surface area (Å²) in [6, 6.07) is 3.07. The fraction of sp³-hybridized carbons (Fsp3) is 0.562. The zero-order valence-electron chi connectivity index (χ0n) is 14.0. The van der Waals surface area contributed by atoms with E-state index >= 15 is 0 Å². The summed E-state index contributed by atoms with van der Waals surface area (Å²) in [4.78, 5) is 38.0. The number of thiophene rings is 1. The number of hydrogen-bond donors (Lipinski definition) is 1. The number of nitrogens with zero attached hydrogens (tertiary/aromatic N) is 1. The molecule has 26 heavy (non-hydrogen) atoms. The number of sulfone groups is 1. The first-order valence-electron chi connectivity index (χ1n) is 8.34. The van der Waals surface area contributed by atoms with Crippen molar-refractivity contribution in [2.24, 2.45) is 0 Å². The van der Waals surface area contributed by atoms with Crippen LogP contribution in [0.4, 0.5) is 0 Å². The molecule has 1 saturated heterocycles. The van der Waals surface area contributed by atoms with Crippen LogP contribution in [-0.4, -0.2) is 67.8 Å². The highest BCUT2D eigenvalue weighted by Gasteiger charge is 2.42. The van der Waals surface area contributed by atoms with Gasteiger partial charge < -0.3 is 15.0 Å². The molecule has 3 rings (SSSR count). The highest BCUT2D eigenvalue weighted by molar-refractivity contribution is 7.91. The SMILES string of the molecule is O=C(CNC(=O)c1cccs1)OCC(=O)N(C1CC1)[C@H]1CCS(=O)(=O)C1. The zero-order chi connectivity index (χ0) is 18.7. The van der Waals surface area contributed by atoms with E-state index in [1.807, 2.05) is 0 Å². The van der Waals surface area contributed by atoms with Crippen molar-refractivity contribution < 1.29 is 27.5 Å². The molecule has 1 N–H and O–H groups in total. The Morgan fingerprint density at radius 2 is 2.00 bits per heavy atom. The van der Waals surface area contributed by atoms with Crippen LogP contribution in [0.3, 0.4) is 0 Å². The van der Waals surface area contributed by atoms with Crippen LogP contribution in [0, 0.1) is 0 Å². The summed E-state index contributed by atoms with van der Waals surface area (Å²) in [6.45, 7) is -0.772. The number of hydrogen-bond acceptors (Lipinski definition) is 7. The maximum absolute atomic E-state index is 12.4. The average molecular weight is 400 g/mol. The van der Waals surface area contributed by atoms with E-state index in [1.165, 1.54) is 11.3 Å². The van der Waals surface area contributed by atoms with Gasteiger partial charge in [-0.05, 0) is 30.7 Å². The van der Waals surface area contributed by atoms with Gasteiger partial charge in [0.15, 0.2) is 16.4 Å². The van der Waals surface area contributed by atoms with Gasteiger partial charge in [-0.25, -0.2) is 8.42 Å². The second-order valence-corrected chi connectivity index (χ2v) is 9.59. The fourth-order valence-electron chi connectivity index (χ4n) is 2.97. The molecule has 0 aromatic carbocycles. The molecular formula is C16H20N2O6S2. The second-order valence-electron chi connectivity index (χ2n) is 6.41. The quantitative estimate of drug-likeness (QED) is 0.655. The maximum Gasteiger partial charge on any atom is 0.325 e. The van der Waals surface area contributed by atoms with Crippen molar-refractivity contribution >= 4 is 39.0 Å². The van der Waals surface area contributed by atoms with Crippen molar-refractivity contribution in [3.63, 3.8) is 0 Å². The minimum absolute atomic E-state index is 0.0277. The van der Waals surface area contributed by atoms with Crippen LogP contribution in [-0.2, 0) is 24.2 Å². The first-order valence-corrected chi connectivity index (χ1v) is 11.0. The Labute approximate surface area is 155 Å². The van der Waals surface area contributed by atoms with Gasteiger partial charge in [0.1, 0.15) is 6.54 Å². The first kappa shape index (κ1) is 18.8. The molecule has 142 valence electrons. The molecule has 2 aliphatic rings. The summed E-state index contributed by atoms with van der Waals surface area (Å²) in [5.41, 5.74) is 0. The van der Waals surface area contributed by atoms with Gasteiger partial charge in [0, 0.05) is 12.1 Å². The molecule has 1 aromatic rings. The number of nitrogens with one attached hydrogen (secondary N) is 1. The van der Waals surface area contributed by atoms with Crippen molar-refractivity contribution in [2.75, 3.05) is 24.7 Å². The molecule has 2 amide bonds. The van der Waals surface area contributed by atoms with Gasteiger partial charge in [-0.2, -0.15) is 0 Å². The van der Waals surface area contributed by atoms with Crippen LogP contribution in [0.15, 0.2) is 17.5 Å². The van der Waals surface area contributed by atoms with Gasteiger partial charge in [0.2, 0.25) is 0 Å². The molecule has 10 heteroatoms. The van der Waals surface area contributed by atoms with Gasteiger partial charge in [-0.1, -0.05) is 6.07 Å². The Kier molecular flexibility index (Phi) is 5.61. The minimum Gasteiger partial charge on any atom is -0.454 e. The summed E-state index contributed by atoms with van der Waals surface area (Å²) in [6.07, 6.45) is 2.11. The van der Waals surface area contributed by atoms with Crippen molar-refractivity contribution in [1.29, 1.82) is 0 Å². The summed E-state index contributed by atoms with van der Waals surface area (Å²) in [5.74, 6) is -1.41. The Morgan fingerprint density at radius 3 is 2.58 bits per heavy atom. The molecule has 0 radical (unpaired) electrons. The van der Waals surface area contributed by atoms with E-state index in [9.17, 15) is 22.8 Å². The standard InChI is InChI=1S/C16H20N2O6S2/c19-14(18(11-3-4-11)12-5-7-26(22,23)10-12)9-24-15(20)8-17-16(21)13-2-1-6-25-13/h1-2,6,11-12H,3-5,7-10H2,(H,17,21)/t12-/m0/s1. The summed E-state index contributed by atoms with van der Waals surface area (Å²) >= 11 is 1.25. The van der Waals surface area contributed by atoms with E-state index in [0.717, 1.165) is 12.8 Å². The van der Waals surface area contributed by atoms with Crippen LogP contribution < -0.4 is 5.32 Å². The van der Waals surface area contributed by atoms with Crippen LogP contribution in [0.1, 0.15) is 28.9 Å². The van der Waals surface area contributed by atoms with Gasteiger partial charge in [0.25, 0.3) is 11.8 Å². The van der Waals surface area contributed by atoms with Crippen molar-refractivity contribution in [2.45, 2.75) is 31.3 Å². The Bertz CT molecular complexity index is 786. The van der Waals surface area contributed by atoms with Crippen LogP contribution in [0.5, 0.6) is 0 Å². The van der Waals surface area contributed by atoms with Crippen molar-refractivity contribution in [3.05, 3.63) is 22.4 Å². The third-order valence-corrected chi connectivity index (χ3v) is 6.94. The smallest absolute Gasteiger partial charge is 0.325 e. The van der Waals surface area contributed by atoms with Crippen LogP contribution in [0.25, 0.3) is 0 Å². The number of ether oxygens (including phenoxy) is 1. The van der Waals surface area contributed by atoms with Crippen LogP contribution >= 0.6 is 11.3 Å². The molecule has 2 fully saturated rings. The lowest BCUT2D eigenvalue weighted by Gasteiger charge is -2.28. The molecule has 1 atom stereocenters. The Balaban J connectivity index is 1.46. The fourth-order valence-corrected chi connectivity index (χ4v) is 5.32. The number of rotatable bonds is 7. The monoisotopic (exact) mass is 400 g/mol. The molecular weight excluding hydrogens is 380 g/mol. The zero-order valence-corrected chi connectivity index (χ0v) is 15.7. The first-order chi connectivity index (χ1) is 12.4. The number of carbonyl (C=O) groups is 3. The lowest BCUT2D eigenvalue weighted by atomic mass is 10.2. The summed E-state index contributed by atoms with van der Waals surface area (Å²) in [7, 11) is -3.10. The van der Waals surface area contributed by atoms with Gasteiger partial charge in [-0.3, -0.25) is 14.4 Å². The predicted molar refractivity (Wildman–Crippen MR) is 94.5 cm³/mol. The van der Waals surface area contributed by atoms with Gasteiger partial charge >= 0.3 is 5.97 Å². The Morgan fingerprint density at radius 1 is 1.23 bits per heavy atom. The third-order valence-electron chi connectivity index (χ3n) is 4.32. The molecule has 0 spiro atoms. The third kappa shape index (κ3) is 4.82. The minimum atomic E-state index is -3.10. The van der Waals surface area contributed by atoms with E-state index < -0.39 is 22.4 Å². The summed E-state index contributed by atoms with van der Waals surface area (Å²) in [5, 5.41) is 4.18. The second kappa shape index (κ2) is 7.75. The normalized spacial score (nSPS) is 21.2. The highest BCUT2D eigenvalue weighted by atomic mass is 32.2. The van der Waals surface area contributed by atoms with E-state index in [1.54, 1.807) is 22.4 Å². The average Bonchev–Trinajstić information content (AvgIpc) is 3.13. The van der Waals surface area contributed by atoms with E-state index in [4.69, 9.17) is 4.74 Å². The maximum atomic E-state index is 12.4. The molecule has 8 nitrogen and oxygen atoms in total. The summed E-state index contributed by atoms with van der Waals surface area (Å²) < 4.78 is 28.3. The highest BCUT2D eigenvalue weighted by Crippen LogP contribution is 2.32. The molecule has 1 aliphatic heterocycles.